The van der Waals surface area contributed by atoms with E-state index in [9.17, 15) is 9.59 Å². The Morgan fingerprint density at radius 3 is 2.89 bits per heavy atom. The Labute approximate surface area is 105 Å². The SMILES string of the molecule is O=C1CN(C2CC3CCCCN3C2=O)C2(CO2)N1. The third kappa shape index (κ3) is 1.36. The molecule has 3 atom stereocenters. The molecule has 6 nitrogen and oxygen atoms in total. The summed E-state index contributed by atoms with van der Waals surface area (Å²) in [4.78, 5) is 27.9. The zero-order valence-electron chi connectivity index (χ0n) is 10.2. The van der Waals surface area contributed by atoms with Gasteiger partial charge < -0.3 is 15.0 Å². The molecule has 4 fully saturated rings. The van der Waals surface area contributed by atoms with Crippen LogP contribution in [0, 0.1) is 0 Å². The van der Waals surface area contributed by atoms with Gasteiger partial charge in [-0.25, -0.2) is 4.90 Å². The molecule has 0 saturated carbocycles. The van der Waals surface area contributed by atoms with E-state index in [0.29, 0.717) is 12.6 Å². The van der Waals surface area contributed by atoms with E-state index in [1.54, 1.807) is 0 Å². The molecule has 4 rings (SSSR count). The van der Waals surface area contributed by atoms with E-state index in [0.717, 1.165) is 25.8 Å². The van der Waals surface area contributed by atoms with Crippen molar-refractivity contribution in [3.8, 4) is 0 Å². The van der Waals surface area contributed by atoms with E-state index in [4.69, 9.17) is 4.74 Å². The standard InChI is InChI=1S/C12H17N3O3/c16-10-6-15(12(13-10)7-18-12)9-5-8-3-1-2-4-14(8)11(9)17/h8-9H,1-7H2,(H,13,16). The summed E-state index contributed by atoms with van der Waals surface area (Å²) in [7, 11) is 0. The molecule has 4 heterocycles. The number of nitrogens with one attached hydrogen (secondary N) is 1. The fourth-order valence-corrected chi connectivity index (χ4v) is 3.63. The van der Waals surface area contributed by atoms with E-state index in [1.807, 2.05) is 9.80 Å². The molecule has 0 radical (unpaired) electrons. The first-order chi connectivity index (χ1) is 8.70. The van der Waals surface area contributed by atoms with Crippen LogP contribution >= 0.6 is 0 Å². The summed E-state index contributed by atoms with van der Waals surface area (Å²) in [5, 5.41) is 2.83. The van der Waals surface area contributed by atoms with E-state index < -0.39 is 5.85 Å². The molecule has 6 heteroatoms. The summed E-state index contributed by atoms with van der Waals surface area (Å²) in [6.45, 7) is 1.67. The molecule has 0 aliphatic carbocycles. The van der Waals surface area contributed by atoms with Gasteiger partial charge in [0.05, 0.1) is 12.6 Å². The number of rotatable bonds is 1. The Balaban J connectivity index is 1.58. The predicted molar refractivity (Wildman–Crippen MR) is 61.3 cm³/mol. The molecule has 4 saturated heterocycles. The van der Waals surface area contributed by atoms with Crippen LogP contribution in [0.4, 0.5) is 0 Å². The molecule has 2 amide bonds. The highest BCUT2D eigenvalue weighted by Crippen LogP contribution is 2.39. The van der Waals surface area contributed by atoms with Crippen molar-refractivity contribution in [3.63, 3.8) is 0 Å². The number of carbonyl (C=O) groups is 2. The number of piperidine rings is 1. The second-order valence-electron chi connectivity index (χ2n) is 5.68. The smallest absolute Gasteiger partial charge is 0.240 e. The number of carbonyl (C=O) groups excluding carboxylic acids is 2. The first kappa shape index (κ1) is 10.8. The lowest BCUT2D eigenvalue weighted by Crippen LogP contribution is -2.49. The summed E-state index contributed by atoms with van der Waals surface area (Å²) >= 11 is 0. The average molecular weight is 251 g/mol. The van der Waals surface area contributed by atoms with Crippen LogP contribution in [0.1, 0.15) is 25.7 Å². The topological polar surface area (TPSA) is 65.2 Å². The predicted octanol–water partition coefficient (Wildman–Crippen LogP) is -0.744. The maximum absolute atomic E-state index is 12.4. The van der Waals surface area contributed by atoms with Crippen molar-refractivity contribution in [3.05, 3.63) is 0 Å². The minimum absolute atomic E-state index is 0.0369. The Hall–Kier alpha value is -1.14. The van der Waals surface area contributed by atoms with Crippen molar-refractivity contribution in [1.29, 1.82) is 0 Å². The zero-order chi connectivity index (χ0) is 12.3. The van der Waals surface area contributed by atoms with E-state index >= 15 is 0 Å². The van der Waals surface area contributed by atoms with Crippen LogP contribution in [-0.4, -0.2) is 59.2 Å². The highest BCUT2D eigenvalue weighted by molar-refractivity contribution is 5.88. The quantitative estimate of drug-likeness (QED) is 0.623. The molecule has 0 aromatic heterocycles. The highest BCUT2D eigenvalue weighted by atomic mass is 16.6. The Morgan fingerprint density at radius 2 is 2.17 bits per heavy atom. The van der Waals surface area contributed by atoms with Crippen LogP contribution in [0.3, 0.4) is 0 Å². The number of fused-ring (bicyclic) bond motifs is 1. The van der Waals surface area contributed by atoms with Gasteiger partial charge in [-0.05, 0) is 25.7 Å². The van der Waals surface area contributed by atoms with Crippen LogP contribution in [0.5, 0.6) is 0 Å². The maximum atomic E-state index is 12.4. The molecular formula is C12H17N3O3. The zero-order valence-corrected chi connectivity index (χ0v) is 10.2. The third-order valence-corrected chi connectivity index (χ3v) is 4.60. The van der Waals surface area contributed by atoms with Crippen LogP contribution in [0.25, 0.3) is 0 Å². The Kier molecular flexibility index (Phi) is 2.06. The fraction of sp³-hybridized carbons (Fsp3) is 0.833. The molecule has 98 valence electrons. The van der Waals surface area contributed by atoms with Crippen LogP contribution in [0.2, 0.25) is 0 Å². The van der Waals surface area contributed by atoms with Crippen molar-refractivity contribution in [2.75, 3.05) is 19.7 Å². The van der Waals surface area contributed by atoms with Crippen LogP contribution in [-0.2, 0) is 14.3 Å². The minimum atomic E-state index is -0.647. The number of amides is 2. The summed E-state index contributed by atoms with van der Waals surface area (Å²) in [6, 6.07) is 0.206. The van der Waals surface area contributed by atoms with E-state index in [1.165, 1.54) is 6.42 Å². The van der Waals surface area contributed by atoms with Gasteiger partial charge in [-0.2, -0.15) is 0 Å². The lowest BCUT2D eigenvalue weighted by atomic mass is 10.0. The molecule has 18 heavy (non-hydrogen) atoms. The fourth-order valence-electron chi connectivity index (χ4n) is 3.63. The van der Waals surface area contributed by atoms with Gasteiger partial charge in [-0.3, -0.25) is 9.59 Å². The summed E-state index contributed by atoms with van der Waals surface area (Å²) < 4.78 is 5.38. The summed E-state index contributed by atoms with van der Waals surface area (Å²) in [6.07, 6.45) is 4.26. The van der Waals surface area contributed by atoms with E-state index in [-0.39, 0.29) is 24.4 Å². The van der Waals surface area contributed by atoms with Crippen LogP contribution < -0.4 is 5.32 Å². The van der Waals surface area contributed by atoms with Gasteiger partial charge in [-0.15, -0.1) is 0 Å². The molecule has 4 aliphatic heterocycles. The minimum Gasteiger partial charge on any atom is -0.338 e. The second-order valence-corrected chi connectivity index (χ2v) is 5.68. The van der Waals surface area contributed by atoms with Gasteiger partial charge in [0.15, 0.2) is 0 Å². The molecule has 1 spiro atoms. The molecule has 0 aromatic rings. The molecular weight excluding hydrogens is 234 g/mol. The van der Waals surface area contributed by atoms with Crippen molar-refractivity contribution >= 4 is 11.8 Å². The number of hydrogen-bond acceptors (Lipinski definition) is 4. The van der Waals surface area contributed by atoms with Gasteiger partial charge in [0, 0.05) is 12.6 Å². The van der Waals surface area contributed by atoms with Crippen LogP contribution in [0.15, 0.2) is 0 Å². The lowest BCUT2D eigenvalue weighted by Gasteiger charge is -2.29. The van der Waals surface area contributed by atoms with Crippen molar-refractivity contribution < 1.29 is 14.3 Å². The molecule has 4 aliphatic rings. The Bertz CT molecular complexity index is 421. The lowest BCUT2D eigenvalue weighted by molar-refractivity contribution is -0.135. The number of hydrogen-bond donors (Lipinski definition) is 1. The maximum Gasteiger partial charge on any atom is 0.240 e. The summed E-state index contributed by atoms with van der Waals surface area (Å²) in [5.41, 5.74) is 0. The third-order valence-electron chi connectivity index (χ3n) is 4.60. The van der Waals surface area contributed by atoms with Gasteiger partial charge in [0.2, 0.25) is 17.7 Å². The first-order valence-electron chi connectivity index (χ1n) is 6.72. The summed E-state index contributed by atoms with van der Waals surface area (Å²) in [5.74, 6) is -0.497. The monoisotopic (exact) mass is 251 g/mol. The van der Waals surface area contributed by atoms with E-state index in [2.05, 4.69) is 5.32 Å². The van der Waals surface area contributed by atoms with Gasteiger partial charge in [-0.1, -0.05) is 0 Å². The molecule has 0 bridgehead atoms. The molecule has 1 N–H and O–H groups in total. The molecule has 0 aromatic carbocycles. The Morgan fingerprint density at radius 1 is 1.33 bits per heavy atom. The largest absolute Gasteiger partial charge is 0.338 e. The number of ether oxygens (including phenoxy) is 1. The first-order valence-corrected chi connectivity index (χ1v) is 6.72. The van der Waals surface area contributed by atoms with Gasteiger partial charge >= 0.3 is 0 Å². The number of nitrogens with zero attached hydrogens (tertiary/aromatic N) is 2. The normalized spacial score (nSPS) is 43.4. The average Bonchev–Trinajstić information content (AvgIpc) is 2.95. The highest BCUT2D eigenvalue weighted by Gasteiger charge is 2.61. The van der Waals surface area contributed by atoms with Gasteiger partial charge in [0.25, 0.3) is 0 Å². The van der Waals surface area contributed by atoms with Crippen molar-refractivity contribution in [2.45, 2.75) is 43.6 Å². The number of epoxide rings is 1. The molecule has 3 unspecified atom stereocenters. The van der Waals surface area contributed by atoms with Crippen molar-refractivity contribution in [1.82, 2.24) is 15.1 Å². The van der Waals surface area contributed by atoms with Crippen molar-refractivity contribution in [2.24, 2.45) is 0 Å². The second kappa shape index (κ2) is 3.45. The van der Waals surface area contributed by atoms with Gasteiger partial charge in [0.1, 0.15) is 6.61 Å².